The molecule has 3 heterocycles. The fourth-order valence-electron chi connectivity index (χ4n) is 3.45. The zero-order valence-electron chi connectivity index (χ0n) is 17.1. The van der Waals surface area contributed by atoms with E-state index in [0.29, 0.717) is 10.2 Å². The zero-order valence-corrected chi connectivity index (χ0v) is 18.8. The molecule has 0 saturated carbocycles. The van der Waals surface area contributed by atoms with Crippen molar-refractivity contribution in [2.24, 2.45) is 0 Å². The molecule has 0 spiro atoms. The Morgan fingerprint density at radius 2 is 1.94 bits per heavy atom. The predicted octanol–water partition coefficient (Wildman–Crippen LogP) is -0.0971. The number of carbonyl (C=O) groups excluding carboxylic acids is 2. The van der Waals surface area contributed by atoms with Crippen LogP contribution in [0.2, 0.25) is 0 Å². The Morgan fingerprint density at radius 1 is 1.22 bits per heavy atom. The van der Waals surface area contributed by atoms with E-state index in [-0.39, 0.29) is 23.0 Å². The average molecular weight is 478 g/mol. The van der Waals surface area contributed by atoms with E-state index in [1.165, 1.54) is 24.9 Å². The van der Waals surface area contributed by atoms with Gasteiger partial charge in [0, 0.05) is 18.3 Å². The molecule has 1 atom stereocenters. The normalized spacial score (nSPS) is 17.2. The molecule has 13 heteroatoms. The van der Waals surface area contributed by atoms with Gasteiger partial charge in [0.2, 0.25) is 10.2 Å². The molecule has 1 fully saturated rings. The van der Waals surface area contributed by atoms with E-state index in [9.17, 15) is 27.6 Å². The molecule has 0 bridgehead atoms. The number of aryl methyl sites for hydroxylation is 1. The first kappa shape index (κ1) is 21.9. The number of thiazole rings is 1. The Labute approximate surface area is 186 Å². The second-order valence-electron chi connectivity index (χ2n) is 7.33. The maximum atomic E-state index is 13.1. The van der Waals surface area contributed by atoms with Crippen molar-refractivity contribution < 1.29 is 18.0 Å². The third-order valence-corrected chi connectivity index (χ3v) is 8.40. The van der Waals surface area contributed by atoms with Gasteiger partial charge in [-0.2, -0.15) is 8.42 Å². The molecular formula is C19H19N5O6S2. The largest absolute Gasteiger partial charge is 0.328 e. The monoisotopic (exact) mass is 477 g/mol. The van der Waals surface area contributed by atoms with Gasteiger partial charge in [0.1, 0.15) is 12.6 Å². The van der Waals surface area contributed by atoms with Crippen molar-refractivity contribution in [1.29, 1.82) is 0 Å². The Kier molecular flexibility index (Phi) is 5.46. The van der Waals surface area contributed by atoms with Gasteiger partial charge in [-0.15, -0.1) is 11.3 Å². The first-order valence-electron chi connectivity index (χ1n) is 9.61. The number of H-pyrrole nitrogens is 1. The first-order valence-corrected chi connectivity index (χ1v) is 11.9. The van der Waals surface area contributed by atoms with Gasteiger partial charge in [0.15, 0.2) is 0 Å². The number of aromatic nitrogens is 3. The van der Waals surface area contributed by atoms with Gasteiger partial charge in [-0.05, 0) is 26.0 Å². The summed E-state index contributed by atoms with van der Waals surface area (Å²) in [7, 11) is -4.17. The SMILES string of the molecule is Cc1cn(CC(=O)N2CCN(S(=O)(=O)c3nc4ccccc4s3)C(=O)C2C)c(=O)[nH]c1=O. The molecule has 1 N–H and O–H groups in total. The number of aromatic amines is 1. The van der Waals surface area contributed by atoms with Gasteiger partial charge >= 0.3 is 5.69 Å². The molecule has 3 aromatic rings. The lowest BCUT2D eigenvalue weighted by atomic mass is 10.2. The molecule has 2 aromatic heterocycles. The zero-order chi connectivity index (χ0) is 23.2. The number of hydrogen-bond donors (Lipinski definition) is 1. The minimum atomic E-state index is -4.17. The Bertz CT molecular complexity index is 1420. The molecule has 1 saturated heterocycles. The fraction of sp³-hybridized carbons (Fsp3) is 0.316. The molecule has 1 aromatic carbocycles. The van der Waals surface area contributed by atoms with Crippen molar-refractivity contribution in [3.63, 3.8) is 0 Å². The second-order valence-corrected chi connectivity index (χ2v) is 10.4. The second kappa shape index (κ2) is 7.98. The highest BCUT2D eigenvalue weighted by atomic mass is 32.2. The third-order valence-electron chi connectivity index (χ3n) is 5.21. The van der Waals surface area contributed by atoms with Crippen LogP contribution in [0.4, 0.5) is 0 Å². The fourth-order valence-corrected chi connectivity index (χ4v) is 6.22. The average Bonchev–Trinajstić information content (AvgIpc) is 3.19. The number of benzene rings is 1. The summed E-state index contributed by atoms with van der Waals surface area (Å²) in [5, 5.41) is 0. The van der Waals surface area contributed by atoms with E-state index >= 15 is 0 Å². The van der Waals surface area contributed by atoms with Gasteiger partial charge in [-0.25, -0.2) is 14.1 Å². The predicted molar refractivity (Wildman–Crippen MR) is 116 cm³/mol. The summed E-state index contributed by atoms with van der Waals surface area (Å²) < 4.78 is 28.4. The summed E-state index contributed by atoms with van der Waals surface area (Å²) in [6, 6.07) is 5.88. The van der Waals surface area contributed by atoms with Crippen LogP contribution in [0.5, 0.6) is 0 Å². The number of nitrogens with zero attached hydrogens (tertiary/aromatic N) is 4. The summed E-state index contributed by atoms with van der Waals surface area (Å²) in [5.74, 6) is -1.30. The van der Waals surface area contributed by atoms with Crippen LogP contribution >= 0.6 is 11.3 Å². The number of carbonyl (C=O) groups is 2. The maximum Gasteiger partial charge on any atom is 0.328 e. The highest BCUT2D eigenvalue weighted by Crippen LogP contribution is 2.29. The number of hydrogen-bond acceptors (Lipinski definition) is 8. The number of amides is 2. The van der Waals surface area contributed by atoms with E-state index in [0.717, 1.165) is 20.2 Å². The number of sulfonamides is 1. The van der Waals surface area contributed by atoms with Gasteiger partial charge in [-0.3, -0.25) is 23.9 Å². The summed E-state index contributed by atoms with van der Waals surface area (Å²) in [6.07, 6.45) is 1.26. The Balaban J connectivity index is 1.55. The summed E-state index contributed by atoms with van der Waals surface area (Å²) in [6.45, 7) is 2.27. The number of piperazine rings is 1. The van der Waals surface area contributed by atoms with Crippen molar-refractivity contribution in [3.05, 3.63) is 56.9 Å². The standard InChI is InChI=1S/C19H19N5O6S2/c1-11-9-22(18(28)21-16(11)26)10-15(25)23-7-8-24(17(27)12(23)2)32(29,30)19-20-13-5-3-4-6-14(13)31-19/h3-6,9,12H,7-8,10H2,1-2H3,(H,21,26,28). The molecule has 0 radical (unpaired) electrons. The Hall–Kier alpha value is -3.32. The molecule has 1 aliphatic rings. The lowest BCUT2D eigenvalue weighted by molar-refractivity contribution is -0.147. The molecular weight excluding hydrogens is 458 g/mol. The van der Waals surface area contributed by atoms with Gasteiger partial charge in [0.05, 0.1) is 16.8 Å². The van der Waals surface area contributed by atoms with Crippen LogP contribution in [0.3, 0.4) is 0 Å². The summed E-state index contributed by atoms with van der Waals surface area (Å²) >= 11 is 0.974. The smallest absolute Gasteiger partial charge is 0.328 e. The molecule has 168 valence electrons. The van der Waals surface area contributed by atoms with Crippen LogP contribution in [0.1, 0.15) is 12.5 Å². The molecule has 32 heavy (non-hydrogen) atoms. The minimum absolute atomic E-state index is 0.0348. The van der Waals surface area contributed by atoms with E-state index in [1.807, 2.05) is 0 Å². The Morgan fingerprint density at radius 3 is 2.66 bits per heavy atom. The number of para-hydroxylation sites is 1. The van der Waals surface area contributed by atoms with Crippen molar-refractivity contribution >= 4 is 43.4 Å². The van der Waals surface area contributed by atoms with Crippen LogP contribution in [-0.4, -0.2) is 63.1 Å². The van der Waals surface area contributed by atoms with E-state index in [4.69, 9.17) is 0 Å². The summed E-state index contributed by atoms with van der Waals surface area (Å²) in [4.78, 5) is 56.6. The molecule has 4 rings (SSSR count). The van der Waals surface area contributed by atoms with Crippen molar-refractivity contribution in [2.75, 3.05) is 13.1 Å². The molecule has 1 aliphatic heterocycles. The van der Waals surface area contributed by atoms with Crippen molar-refractivity contribution in [2.45, 2.75) is 30.8 Å². The van der Waals surface area contributed by atoms with Crippen LogP contribution in [-0.2, 0) is 26.2 Å². The maximum absolute atomic E-state index is 13.1. The van der Waals surface area contributed by atoms with E-state index in [2.05, 4.69) is 9.97 Å². The lowest BCUT2D eigenvalue weighted by Gasteiger charge is -2.38. The van der Waals surface area contributed by atoms with Crippen LogP contribution < -0.4 is 11.2 Å². The van der Waals surface area contributed by atoms with E-state index < -0.39 is 45.7 Å². The van der Waals surface area contributed by atoms with Crippen LogP contribution in [0, 0.1) is 6.92 Å². The number of rotatable bonds is 4. The van der Waals surface area contributed by atoms with Gasteiger partial charge in [0.25, 0.3) is 21.5 Å². The van der Waals surface area contributed by atoms with Gasteiger partial charge < -0.3 is 4.90 Å². The highest BCUT2D eigenvalue weighted by Gasteiger charge is 2.41. The topological polar surface area (TPSA) is 143 Å². The van der Waals surface area contributed by atoms with Crippen LogP contribution in [0.25, 0.3) is 10.2 Å². The molecule has 0 aliphatic carbocycles. The minimum Gasteiger partial charge on any atom is -0.328 e. The molecule has 11 nitrogen and oxygen atoms in total. The van der Waals surface area contributed by atoms with E-state index in [1.54, 1.807) is 24.3 Å². The number of nitrogens with one attached hydrogen (secondary N) is 1. The lowest BCUT2D eigenvalue weighted by Crippen LogP contribution is -2.59. The summed E-state index contributed by atoms with van der Waals surface area (Å²) in [5.41, 5.74) is -0.513. The molecule has 1 unspecified atom stereocenters. The number of fused-ring (bicyclic) bond motifs is 1. The van der Waals surface area contributed by atoms with Crippen LogP contribution in [0.15, 0.2) is 44.4 Å². The third kappa shape index (κ3) is 3.73. The molecule has 2 amide bonds. The first-order chi connectivity index (χ1) is 15.1. The quantitative estimate of drug-likeness (QED) is 0.553. The van der Waals surface area contributed by atoms with Crippen molar-refractivity contribution in [3.8, 4) is 0 Å². The highest BCUT2D eigenvalue weighted by molar-refractivity contribution is 7.91. The van der Waals surface area contributed by atoms with Gasteiger partial charge in [-0.1, -0.05) is 12.1 Å². The van der Waals surface area contributed by atoms with Crippen molar-refractivity contribution in [1.82, 2.24) is 23.7 Å².